The highest BCUT2D eigenvalue weighted by molar-refractivity contribution is 6.32. The van der Waals surface area contributed by atoms with E-state index in [2.05, 4.69) is 0 Å². The number of hydrogen-bond acceptors (Lipinski definition) is 12. The zero-order chi connectivity index (χ0) is 29.1. The number of ether oxygens (including phenoxy) is 6. The van der Waals surface area contributed by atoms with E-state index in [1.807, 2.05) is 0 Å². The first-order valence-electron chi connectivity index (χ1n) is 12.7. The molecule has 2 heterocycles. The minimum Gasteiger partial charge on any atom is -0.463 e. The van der Waals surface area contributed by atoms with Gasteiger partial charge in [0.05, 0.1) is 5.02 Å². The van der Waals surface area contributed by atoms with Crippen LogP contribution in [0.5, 0.6) is 5.75 Å². The van der Waals surface area contributed by atoms with E-state index >= 15 is 0 Å². The Morgan fingerprint density at radius 3 is 2.08 bits per heavy atom. The van der Waals surface area contributed by atoms with Gasteiger partial charge in [0, 0.05) is 44.7 Å². The highest BCUT2D eigenvalue weighted by Gasteiger charge is 2.53. The summed E-state index contributed by atoms with van der Waals surface area (Å²) in [6.07, 6.45) is -3.73. The second kappa shape index (κ2) is 12.3. The molecule has 5 unspecified atom stereocenters. The molecule has 4 rings (SSSR count). The smallest absolute Gasteiger partial charge is 0.339 e. The molecule has 0 saturated carbocycles. The van der Waals surface area contributed by atoms with Crippen molar-refractivity contribution in [1.82, 2.24) is 0 Å². The molecule has 5 atom stereocenters. The molecule has 12 nitrogen and oxygen atoms in total. The van der Waals surface area contributed by atoms with Crippen LogP contribution in [0.25, 0.3) is 11.0 Å². The quantitative estimate of drug-likeness (QED) is 0.269. The van der Waals surface area contributed by atoms with E-state index < -0.39 is 66.8 Å². The Labute approximate surface area is 233 Å². The molecule has 1 aromatic heterocycles. The minimum atomic E-state index is -1.49. The number of rotatable bonds is 7. The van der Waals surface area contributed by atoms with Crippen molar-refractivity contribution in [2.24, 2.45) is 0 Å². The molecule has 13 heteroatoms. The first-order valence-corrected chi connectivity index (χ1v) is 13.1. The number of esters is 4. The second-order valence-corrected chi connectivity index (χ2v) is 9.93. The van der Waals surface area contributed by atoms with Gasteiger partial charge in [0.1, 0.15) is 24.0 Å². The normalized spacial score (nSPS) is 24.0. The minimum absolute atomic E-state index is 0.00831. The third kappa shape index (κ3) is 6.56. The molecule has 0 bridgehead atoms. The fourth-order valence-corrected chi connectivity index (χ4v) is 5.15. The summed E-state index contributed by atoms with van der Waals surface area (Å²) in [5, 5.41) is 0.815. The molecule has 1 aromatic carbocycles. The van der Waals surface area contributed by atoms with Gasteiger partial charge < -0.3 is 32.8 Å². The molecule has 0 N–H and O–H groups in total. The van der Waals surface area contributed by atoms with Gasteiger partial charge in [-0.15, -0.1) is 0 Å². The van der Waals surface area contributed by atoms with E-state index in [4.69, 9.17) is 44.4 Å². The number of aryl methyl sites for hydroxylation is 1. The Balaban J connectivity index is 1.76. The molecular weight excluding hydrogens is 552 g/mol. The first kappa shape index (κ1) is 29.3. The lowest BCUT2D eigenvalue weighted by Crippen LogP contribution is -2.63. The van der Waals surface area contributed by atoms with E-state index in [9.17, 15) is 24.0 Å². The summed E-state index contributed by atoms with van der Waals surface area (Å²) in [4.78, 5) is 60.1. The predicted molar refractivity (Wildman–Crippen MR) is 137 cm³/mol. The van der Waals surface area contributed by atoms with Crippen molar-refractivity contribution in [3.63, 3.8) is 0 Å². The first-order chi connectivity index (χ1) is 18.9. The molecule has 0 radical (unpaired) electrons. The number of benzene rings is 1. The van der Waals surface area contributed by atoms with Gasteiger partial charge in [-0.1, -0.05) is 11.6 Å². The van der Waals surface area contributed by atoms with Gasteiger partial charge in [0.25, 0.3) is 0 Å². The fraction of sp³-hybridized carbons (Fsp3) is 0.519. The number of carbonyl (C=O) groups excluding carboxylic acids is 4. The number of halogens is 1. The van der Waals surface area contributed by atoms with Crippen LogP contribution in [0.3, 0.4) is 0 Å². The topological polar surface area (TPSA) is 154 Å². The highest BCUT2D eigenvalue weighted by Crippen LogP contribution is 2.37. The molecular formula is C27H29ClO12. The van der Waals surface area contributed by atoms with Crippen molar-refractivity contribution < 1.29 is 52.0 Å². The van der Waals surface area contributed by atoms with E-state index in [-0.39, 0.29) is 16.4 Å². The third-order valence-corrected chi connectivity index (χ3v) is 6.76. The molecule has 216 valence electrons. The van der Waals surface area contributed by atoms with Crippen LogP contribution in [0.1, 0.15) is 51.7 Å². The standard InChI is InChI=1S/C27H29ClO12/c1-12(29)34-11-22-23(35-13(2)30)24(36-14(3)31)25(37-15(4)32)27(40-22)39-21-10-20-18(9-19(21)28)16-7-5-6-8-17(16)26(33)38-20/h9-10,22-25,27H,5-8,11H2,1-4H3. The third-order valence-electron chi connectivity index (χ3n) is 6.47. The maximum atomic E-state index is 12.6. The predicted octanol–water partition coefficient (Wildman–Crippen LogP) is 2.79. The van der Waals surface area contributed by atoms with Crippen LogP contribution in [-0.4, -0.2) is 61.2 Å². The van der Waals surface area contributed by atoms with Crippen LogP contribution < -0.4 is 10.4 Å². The molecule has 0 spiro atoms. The molecule has 1 saturated heterocycles. The van der Waals surface area contributed by atoms with Gasteiger partial charge in [-0.25, -0.2) is 4.79 Å². The van der Waals surface area contributed by atoms with Gasteiger partial charge in [-0.3, -0.25) is 19.2 Å². The van der Waals surface area contributed by atoms with Crippen molar-refractivity contribution >= 4 is 46.4 Å². The Morgan fingerprint density at radius 1 is 0.850 bits per heavy atom. The fourth-order valence-electron chi connectivity index (χ4n) is 4.94. The summed E-state index contributed by atoms with van der Waals surface area (Å²) in [5.41, 5.74) is 1.29. The average Bonchev–Trinajstić information content (AvgIpc) is 2.87. The van der Waals surface area contributed by atoms with Crippen LogP contribution in [0.4, 0.5) is 0 Å². The van der Waals surface area contributed by atoms with Crippen LogP contribution >= 0.6 is 11.6 Å². The van der Waals surface area contributed by atoms with Crippen LogP contribution in [-0.2, 0) is 55.7 Å². The maximum absolute atomic E-state index is 12.6. The number of carbonyl (C=O) groups is 4. The molecule has 0 amide bonds. The number of hydrogen-bond donors (Lipinski definition) is 0. The molecule has 1 aliphatic carbocycles. The van der Waals surface area contributed by atoms with E-state index in [0.717, 1.165) is 39.2 Å². The zero-order valence-corrected chi connectivity index (χ0v) is 23.1. The summed E-state index contributed by atoms with van der Waals surface area (Å²) in [6, 6.07) is 3.03. The van der Waals surface area contributed by atoms with Crippen LogP contribution in [0.15, 0.2) is 21.3 Å². The molecule has 2 aliphatic rings. The van der Waals surface area contributed by atoms with Crippen molar-refractivity contribution in [1.29, 1.82) is 0 Å². The van der Waals surface area contributed by atoms with Gasteiger partial charge >= 0.3 is 29.5 Å². The molecule has 40 heavy (non-hydrogen) atoms. The lowest BCUT2D eigenvalue weighted by atomic mass is 9.90. The molecule has 1 aliphatic heterocycles. The summed E-state index contributed by atoms with van der Waals surface area (Å²) in [6.45, 7) is 4.12. The van der Waals surface area contributed by atoms with Crippen molar-refractivity contribution in [3.05, 3.63) is 38.7 Å². The van der Waals surface area contributed by atoms with Crippen LogP contribution in [0, 0.1) is 0 Å². The monoisotopic (exact) mass is 580 g/mol. The van der Waals surface area contributed by atoms with Crippen molar-refractivity contribution in [2.45, 2.75) is 84.1 Å². The summed E-state index contributed by atoms with van der Waals surface area (Å²) < 4.78 is 38.8. The van der Waals surface area contributed by atoms with E-state index in [1.165, 1.54) is 13.0 Å². The molecule has 1 fully saturated rings. The zero-order valence-electron chi connectivity index (χ0n) is 22.4. The van der Waals surface area contributed by atoms with Gasteiger partial charge in [0.2, 0.25) is 12.4 Å². The Bertz CT molecular complexity index is 1380. The van der Waals surface area contributed by atoms with E-state index in [0.29, 0.717) is 23.8 Å². The van der Waals surface area contributed by atoms with E-state index in [1.54, 1.807) is 6.07 Å². The summed E-state index contributed by atoms with van der Waals surface area (Å²) >= 11 is 6.58. The Kier molecular flexibility index (Phi) is 8.99. The van der Waals surface area contributed by atoms with Gasteiger partial charge in [-0.05, 0) is 37.3 Å². The Morgan fingerprint density at radius 2 is 1.45 bits per heavy atom. The lowest BCUT2D eigenvalue weighted by molar-refractivity contribution is -0.288. The molecule has 2 aromatic rings. The summed E-state index contributed by atoms with van der Waals surface area (Å²) in [7, 11) is 0. The van der Waals surface area contributed by atoms with Gasteiger partial charge in [0.15, 0.2) is 12.2 Å². The second-order valence-electron chi connectivity index (χ2n) is 9.52. The van der Waals surface area contributed by atoms with Crippen molar-refractivity contribution in [2.75, 3.05) is 6.61 Å². The van der Waals surface area contributed by atoms with Crippen molar-refractivity contribution in [3.8, 4) is 5.75 Å². The maximum Gasteiger partial charge on any atom is 0.339 e. The van der Waals surface area contributed by atoms with Gasteiger partial charge in [-0.2, -0.15) is 0 Å². The Hall–Kier alpha value is -3.64. The number of fused-ring (bicyclic) bond motifs is 3. The lowest BCUT2D eigenvalue weighted by Gasteiger charge is -2.44. The van der Waals surface area contributed by atoms with Crippen LogP contribution in [0.2, 0.25) is 5.02 Å². The summed E-state index contributed by atoms with van der Waals surface area (Å²) in [5.74, 6) is -2.95. The SMILES string of the molecule is CC(=O)OCC1OC(Oc2cc3oc(=O)c4c(c3cc2Cl)CCCC4)C(OC(C)=O)C(OC(C)=O)C1OC(C)=O. The average molecular weight is 581 g/mol. The highest BCUT2D eigenvalue weighted by atomic mass is 35.5. The largest absolute Gasteiger partial charge is 0.463 e.